The van der Waals surface area contributed by atoms with E-state index in [-0.39, 0.29) is 6.61 Å². The lowest BCUT2D eigenvalue weighted by Crippen LogP contribution is -2.32. The molecule has 0 spiro atoms. The van der Waals surface area contributed by atoms with E-state index in [1.54, 1.807) is 6.92 Å². The Morgan fingerprint density at radius 3 is 2.75 bits per heavy atom. The van der Waals surface area contributed by atoms with Gasteiger partial charge in [-0.1, -0.05) is 19.3 Å². The van der Waals surface area contributed by atoms with Gasteiger partial charge in [-0.05, 0) is 19.8 Å². The topological polar surface area (TPSA) is 90.4 Å². The maximum atomic E-state index is 13.2. The fourth-order valence-electron chi connectivity index (χ4n) is 1.85. The predicted molar refractivity (Wildman–Crippen MR) is 71.6 cm³/mol. The number of nitrogens with zero attached hydrogens (tertiary/aromatic N) is 2. The van der Waals surface area contributed by atoms with Crippen LogP contribution in [0.15, 0.2) is 11.0 Å². The second-order valence-electron chi connectivity index (χ2n) is 5.44. The van der Waals surface area contributed by atoms with Gasteiger partial charge in [0.2, 0.25) is 0 Å². The largest absolute Gasteiger partial charge is 0.393 e. The molecule has 1 aromatic rings. The summed E-state index contributed by atoms with van der Waals surface area (Å²) in [6.07, 6.45) is 5.98. The number of hydrogen-bond acceptors (Lipinski definition) is 5. The Morgan fingerprint density at radius 2 is 2.25 bits per heavy atom. The van der Waals surface area contributed by atoms with E-state index in [1.165, 1.54) is 19.3 Å². The van der Waals surface area contributed by atoms with Crippen molar-refractivity contribution in [1.82, 2.24) is 9.55 Å². The van der Waals surface area contributed by atoms with Gasteiger partial charge in [-0.2, -0.15) is 4.98 Å². The van der Waals surface area contributed by atoms with Crippen LogP contribution in [0.1, 0.15) is 45.3 Å². The number of rotatable bonds is 2. The number of aromatic nitrogens is 2. The van der Waals surface area contributed by atoms with E-state index < -0.39 is 29.2 Å². The van der Waals surface area contributed by atoms with Crippen LogP contribution < -0.4 is 11.4 Å². The van der Waals surface area contributed by atoms with E-state index in [0.29, 0.717) is 12.8 Å². The van der Waals surface area contributed by atoms with Crippen LogP contribution in [0, 0.1) is 5.82 Å². The zero-order valence-electron chi connectivity index (χ0n) is 11.5. The highest BCUT2D eigenvalue weighted by Gasteiger charge is 2.37. The second-order valence-corrected chi connectivity index (χ2v) is 5.44. The van der Waals surface area contributed by atoms with Crippen LogP contribution in [0.5, 0.6) is 0 Å². The monoisotopic (exact) mass is 285 g/mol. The first-order valence-electron chi connectivity index (χ1n) is 6.78. The number of aliphatic hydroxyl groups excluding tert-OH is 1. The van der Waals surface area contributed by atoms with Gasteiger partial charge in [0.25, 0.3) is 0 Å². The van der Waals surface area contributed by atoms with Gasteiger partial charge in [0.15, 0.2) is 11.6 Å². The van der Waals surface area contributed by atoms with Gasteiger partial charge in [0.1, 0.15) is 6.23 Å². The smallest absolute Gasteiger partial charge is 0.351 e. The van der Waals surface area contributed by atoms with E-state index in [9.17, 15) is 9.18 Å². The quantitative estimate of drug-likeness (QED) is 0.852. The third-order valence-corrected chi connectivity index (χ3v) is 3.27. The lowest BCUT2D eigenvalue weighted by molar-refractivity contribution is -0.0883. The summed E-state index contributed by atoms with van der Waals surface area (Å²) in [5.41, 5.74) is 3.84. The summed E-state index contributed by atoms with van der Waals surface area (Å²) in [7, 11) is 0. The maximum Gasteiger partial charge on any atom is 0.351 e. The Balaban J connectivity index is 0.000000432. The van der Waals surface area contributed by atoms with E-state index >= 15 is 0 Å². The fourth-order valence-corrected chi connectivity index (χ4v) is 1.85. The average molecular weight is 285 g/mol. The first kappa shape index (κ1) is 14.9. The molecule has 3 N–H and O–H groups in total. The van der Waals surface area contributed by atoms with Gasteiger partial charge in [-0.15, -0.1) is 0 Å². The zero-order valence-corrected chi connectivity index (χ0v) is 11.5. The minimum absolute atomic E-state index is 0.150. The standard InChI is InChI=1S/C10H14FN3O3.C3H6/c1-10(5-15)3-2-7(17-10)14-4-6(11)8(12)13-9(14)16;1-2-3-1/h4,7,15H,2-3,5H2,1H3,(H2,12,13,16);1-3H2/t7?,10-;/m0./s1. The summed E-state index contributed by atoms with van der Waals surface area (Å²) in [6, 6.07) is 0. The molecule has 2 aliphatic rings. The minimum atomic E-state index is -0.759. The molecular weight excluding hydrogens is 265 g/mol. The van der Waals surface area contributed by atoms with Gasteiger partial charge < -0.3 is 15.6 Å². The van der Waals surface area contributed by atoms with E-state index in [4.69, 9.17) is 15.6 Å². The molecule has 1 saturated heterocycles. The molecule has 0 bridgehead atoms. The number of halogens is 1. The Kier molecular flexibility index (Phi) is 4.39. The number of aliphatic hydroxyl groups is 1. The van der Waals surface area contributed by atoms with Crippen molar-refractivity contribution in [1.29, 1.82) is 0 Å². The number of hydrogen-bond donors (Lipinski definition) is 2. The molecule has 0 radical (unpaired) electrons. The Morgan fingerprint density at radius 1 is 1.60 bits per heavy atom. The van der Waals surface area contributed by atoms with Crippen LogP contribution in [0.2, 0.25) is 0 Å². The third-order valence-electron chi connectivity index (χ3n) is 3.27. The molecule has 7 heteroatoms. The summed E-state index contributed by atoms with van der Waals surface area (Å²) in [4.78, 5) is 14.9. The normalized spacial score (nSPS) is 27.9. The van der Waals surface area contributed by atoms with Crippen LogP contribution in [-0.2, 0) is 4.74 Å². The lowest BCUT2D eigenvalue weighted by Gasteiger charge is -2.22. The van der Waals surface area contributed by atoms with Crippen molar-refractivity contribution in [3.63, 3.8) is 0 Å². The Bertz CT molecular complexity index is 529. The summed E-state index contributed by atoms with van der Waals surface area (Å²) in [5, 5.41) is 9.14. The SMILES string of the molecule is C1CC1.C[C@@]1(CO)CCC(n2cc(F)c(N)nc2=O)O1. The molecule has 1 saturated carbocycles. The highest BCUT2D eigenvalue weighted by atomic mass is 19.1. The third kappa shape index (κ3) is 3.55. The molecule has 1 aliphatic heterocycles. The minimum Gasteiger partial charge on any atom is -0.393 e. The van der Waals surface area contributed by atoms with Crippen molar-refractivity contribution in [2.45, 2.75) is 50.9 Å². The molecule has 3 rings (SSSR count). The van der Waals surface area contributed by atoms with Crippen molar-refractivity contribution >= 4 is 5.82 Å². The van der Waals surface area contributed by atoms with Crippen LogP contribution >= 0.6 is 0 Å². The highest BCUT2D eigenvalue weighted by Crippen LogP contribution is 2.35. The second kappa shape index (κ2) is 5.88. The molecule has 2 heterocycles. The molecule has 1 aliphatic carbocycles. The van der Waals surface area contributed by atoms with Gasteiger partial charge in [-0.3, -0.25) is 4.57 Å². The first-order chi connectivity index (χ1) is 9.45. The number of ether oxygens (including phenoxy) is 1. The molecule has 20 heavy (non-hydrogen) atoms. The number of anilines is 1. The van der Waals surface area contributed by atoms with Crippen molar-refractivity contribution in [2.24, 2.45) is 0 Å². The zero-order chi connectivity index (χ0) is 14.8. The summed E-state index contributed by atoms with van der Waals surface area (Å²) in [5.74, 6) is -1.18. The van der Waals surface area contributed by atoms with E-state index in [2.05, 4.69) is 4.98 Å². The van der Waals surface area contributed by atoms with E-state index in [1.807, 2.05) is 0 Å². The van der Waals surface area contributed by atoms with Crippen LogP contribution in [0.4, 0.5) is 10.2 Å². The van der Waals surface area contributed by atoms with Crippen molar-refractivity contribution < 1.29 is 14.2 Å². The Hall–Kier alpha value is -1.47. The lowest BCUT2D eigenvalue weighted by atomic mass is 10.0. The fraction of sp³-hybridized carbons (Fsp3) is 0.692. The molecule has 2 fully saturated rings. The number of nitrogens with two attached hydrogens (primary N) is 1. The van der Waals surface area contributed by atoms with Gasteiger partial charge in [-0.25, -0.2) is 9.18 Å². The van der Waals surface area contributed by atoms with Gasteiger partial charge >= 0.3 is 5.69 Å². The molecule has 112 valence electrons. The summed E-state index contributed by atoms with van der Waals surface area (Å²) < 4.78 is 19.8. The van der Waals surface area contributed by atoms with Crippen LogP contribution in [0.25, 0.3) is 0 Å². The Labute approximate surface area is 116 Å². The molecule has 1 unspecified atom stereocenters. The maximum absolute atomic E-state index is 13.2. The molecular formula is C13H20FN3O3. The van der Waals surface area contributed by atoms with Crippen LogP contribution in [-0.4, -0.2) is 26.9 Å². The van der Waals surface area contributed by atoms with Crippen molar-refractivity contribution in [3.8, 4) is 0 Å². The van der Waals surface area contributed by atoms with Crippen LogP contribution in [0.3, 0.4) is 0 Å². The molecule has 6 nitrogen and oxygen atoms in total. The first-order valence-corrected chi connectivity index (χ1v) is 6.78. The highest BCUT2D eigenvalue weighted by molar-refractivity contribution is 5.26. The summed E-state index contributed by atoms with van der Waals surface area (Å²) in [6.45, 7) is 1.59. The number of nitrogen functional groups attached to an aromatic ring is 1. The van der Waals surface area contributed by atoms with Gasteiger partial charge in [0, 0.05) is 0 Å². The van der Waals surface area contributed by atoms with Crippen molar-refractivity contribution in [3.05, 3.63) is 22.5 Å². The molecule has 0 amide bonds. The summed E-state index contributed by atoms with van der Waals surface area (Å²) >= 11 is 0. The molecule has 0 aromatic carbocycles. The molecule has 2 atom stereocenters. The average Bonchev–Trinajstić information content (AvgIpc) is 3.24. The van der Waals surface area contributed by atoms with E-state index in [0.717, 1.165) is 10.8 Å². The predicted octanol–water partition coefficient (Wildman–Crippen LogP) is 1.19. The van der Waals surface area contributed by atoms with Crippen molar-refractivity contribution in [2.75, 3.05) is 12.3 Å². The molecule has 1 aromatic heterocycles. The van der Waals surface area contributed by atoms with Gasteiger partial charge in [0.05, 0.1) is 18.4 Å².